The van der Waals surface area contributed by atoms with Crippen LogP contribution in [0.2, 0.25) is 10.0 Å². The zero-order valence-electron chi connectivity index (χ0n) is 12.3. The van der Waals surface area contributed by atoms with E-state index in [-0.39, 0.29) is 27.3 Å². The number of hydrogen-bond donors (Lipinski definition) is 1. The Balaban J connectivity index is 1.90. The van der Waals surface area contributed by atoms with Crippen LogP contribution in [0, 0.1) is 11.3 Å². The third kappa shape index (κ3) is 3.58. The second-order valence-electron chi connectivity index (χ2n) is 4.76. The van der Waals surface area contributed by atoms with Crippen LogP contribution in [0.25, 0.3) is 11.5 Å². The predicted molar refractivity (Wildman–Crippen MR) is 91.7 cm³/mol. The van der Waals surface area contributed by atoms with Gasteiger partial charge in [0.25, 0.3) is 21.9 Å². The minimum Gasteiger partial charge on any atom is -0.332 e. The fraction of sp³-hybridized carbons (Fsp3) is 0. The summed E-state index contributed by atoms with van der Waals surface area (Å²) in [6, 6.07) is 12.3. The van der Waals surface area contributed by atoms with E-state index in [2.05, 4.69) is 14.9 Å². The van der Waals surface area contributed by atoms with Gasteiger partial charge in [-0.2, -0.15) is 10.2 Å². The highest BCUT2D eigenvalue weighted by Gasteiger charge is 2.20. The van der Waals surface area contributed by atoms with Crippen molar-refractivity contribution in [2.75, 3.05) is 4.72 Å². The van der Waals surface area contributed by atoms with E-state index in [0.717, 1.165) is 6.07 Å². The molecule has 0 amide bonds. The first kappa shape index (κ1) is 17.2. The number of nitrogens with one attached hydrogen (secondary N) is 1. The normalized spacial score (nSPS) is 11.1. The number of nitrogens with zero attached hydrogens (tertiary/aromatic N) is 3. The van der Waals surface area contributed by atoms with Crippen LogP contribution in [0.3, 0.4) is 0 Å². The fourth-order valence-corrected chi connectivity index (χ4v) is 3.28. The first-order valence-corrected chi connectivity index (χ1v) is 8.96. The summed E-state index contributed by atoms with van der Waals surface area (Å²) in [6.45, 7) is 0. The van der Waals surface area contributed by atoms with Crippen molar-refractivity contribution in [3.8, 4) is 17.5 Å². The lowest BCUT2D eigenvalue weighted by Gasteiger charge is -2.05. The molecule has 0 bridgehead atoms. The third-order valence-corrected chi connectivity index (χ3v) is 5.11. The largest absolute Gasteiger partial charge is 0.332 e. The van der Waals surface area contributed by atoms with Gasteiger partial charge < -0.3 is 4.52 Å². The van der Waals surface area contributed by atoms with Crippen LogP contribution in [0.15, 0.2) is 51.9 Å². The van der Waals surface area contributed by atoms with Gasteiger partial charge in [0, 0.05) is 0 Å². The summed E-state index contributed by atoms with van der Waals surface area (Å²) in [4.78, 5) is 3.81. The second kappa shape index (κ2) is 6.72. The van der Waals surface area contributed by atoms with E-state index in [4.69, 9.17) is 33.0 Å². The Morgan fingerprint density at radius 2 is 1.88 bits per heavy atom. The highest BCUT2D eigenvalue weighted by molar-refractivity contribution is 7.92. The maximum absolute atomic E-state index is 12.4. The van der Waals surface area contributed by atoms with Crippen LogP contribution >= 0.6 is 23.2 Å². The molecule has 2 aromatic carbocycles. The van der Waals surface area contributed by atoms with Gasteiger partial charge in [0.1, 0.15) is 6.07 Å². The van der Waals surface area contributed by atoms with Gasteiger partial charge in [0.15, 0.2) is 0 Å². The Hall–Kier alpha value is -2.60. The molecule has 3 rings (SSSR count). The smallest absolute Gasteiger partial charge is 0.277 e. The van der Waals surface area contributed by atoms with E-state index < -0.39 is 10.0 Å². The lowest BCUT2D eigenvalue weighted by molar-refractivity contribution is 0.433. The van der Waals surface area contributed by atoms with Gasteiger partial charge in [0.05, 0.1) is 26.1 Å². The zero-order chi connectivity index (χ0) is 18.0. The van der Waals surface area contributed by atoms with E-state index in [1.165, 1.54) is 12.1 Å². The van der Waals surface area contributed by atoms with Crippen LogP contribution in [-0.4, -0.2) is 18.6 Å². The minimum absolute atomic E-state index is 0.0365. The summed E-state index contributed by atoms with van der Waals surface area (Å²) < 4.78 is 32.0. The molecule has 0 aliphatic heterocycles. The predicted octanol–water partition coefficient (Wildman–Crippen LogP) is 3.72. The van der Waals surface area contributed by atoms with Crippen LogP contribution in [0.5, 0.6) is 0 Å². The first-order valence-electron chi connectivity index (χ1n) is 6.72. The zero-order valence-corrected chi connectivity index (χ0v) is 14.6. The number of halogens is 2. The molecule has 3 aromatic rings. The third-order valence-electron chi connectivity index (χ3n) is 3.12. The number of benzene rings is 2. The molecule has 1 heterocycles. The molecular formula is C15H8Cl2N4O3S. The van der Waals surface area contributed by atoms with E-state index in [1.54, 1.807) is 24.3 Å². The molecule has 0 fully saturated rings. The summed E-state index contributed by atoms with van der Waals surface area (Å²) in [6.07, 6.45) is 0. The Bertz CT molecular complexity index is 1090. The van der Waals surface area contributed by atoms with Crippen molar-refractivity contribution >= 4 is 39.2 Å². The molecule has 0 spiro atoms. The number of sulfonamides is 1. The molecule has 126 valence electrons. The lowest BCUT2D eigenvalue weighted by Crippen LogP contribution is -2.14. The monoisotopic (exact) mass is 394 g/mol. The van der Waals surface area contributed by atoms with Gasteiger partial charge in [-0.15, -0.1) is 0 Å². The molecule has 1 aromatic heterocycles. The van der Waals surface area contributed by atoms with Crippen LogP contribution < -0.4 is 4.72 Å². The van der Waals surface area contributed by atoms with Crippen molar-refractivity contribution < 1.29 is 12.9 Å². The Morgan fingerprint density at radius 3 is 2.60 bits per heavy atom. The Kier molecular flexibility index (Phi) is 4.63. The molecule has 1 N–H and O–H groups in total. The molecule has 0 aliphatic rings. The summed E-state index contributed by atoms with van der Waals surface area (Å²) in [7, 11) is -4.02. The number of aromatic nitrogens is 2. The molecule has 0 atom stereocenters. The molecule has 0 unspecified atom stereocenters. The van der Waals surface area contributed by atoms with Crippen LogP contribution in [0.4, 0.5) is 5.95 Å². The van der Waals surface area contributed by atoms with Crippen LogP contribution in [-0.2, 0) is 10.0 Å². The van der Waals surface area contributed by atoms with Crippen molar-refractivity contribution in [1.29, 1.82) is 5.26 Å². The first-order chi connectivity index (χ1) is 11.9. The molecule has 0 aliphatic carbocycles. The van der Waals surface area contributed by atoms with Gasteiger partial charge in [-0.1, -0.05) is 35.3 Å². The van der Waals surface area contributed by atoms with Crippen molar-refractivity contribution in [3.05, 3.63) is 58.1 Å². The number of anilines is 1. The quantitative estimate of drug-likeness (QED) is 0.721. The summed E-state index contributed by atoms with van der Waals surface area (Å²) >= 11 is 11.8. The minimum atomic E-state index is -4.02. The summed E-state index contributed by atoms with van der Waals surface area (Å²) in [5, 5.41) is 13.1. The van der Waals surface area contributed by atoms with Crippen molar-refractivity contribution in [3.63, 3.8) is 0 Å². The average molecular weight is 395 g/mol. The number of rotatable bonds is 4. The van der Waals surface area contributed by atoms with Gasteiger partial charge >= 0.3 is 0 Å². The molecular weight excluding hydrogens is 387 g/mol. The topological polar surface area (TPSA) is 109 Å². The molecule has 0 saturated heterocycles. The molecule has 10 heteroatoms. The molecule has 25 heavy (non-hydrogen) atoms. The highest BCUT2D eigenvalue weighted by atomic mass is 35.5. The van der Waals surface area contributed by atoms with E-state index in [1.807, 2.05) is 6.07 Å². The van der Waals surface area contributed by atoms with Gasteiger partial charge in [-0.3, -0.25) is 0 Å². The summed E-state index contributed by atoms with van der Waals surface area (Å²) in [5.74, 6) is -0.194. The molecule has 0 saturated carbocycles. The van der Waals surface area contributed by atoms with Gasteiger partial charge in [-0.25, -0.2) is 13.1 Å². The maximum atomic E-state index is 12.4. The molecule has 7 nitrogen and oxygen atoms in total. The highest BCUT2D eigenvalue weighted by Crippen LogP contribution is 2.27. The standard InChI is InChI=1S/C15H8Cl2N4O3S/c16-12-6-5-10(7-9(12)8-18)25(22,23)21-15-19-14(24-20-15)11-3-1-2-4-13(11)17/h1-7H,(H,20,21). The van der Waals surface area contributed by atoms with Crippen molar-refractivity contribution in [2.45, 2.75) is 4.90 Å². The Labute approximate surface area is 152 Å². The van der Waals surface area contributed by atoms with E-state index in [0.29, 0.717) is 10.6 Å². The van der Waals surface area contributed by atoms with E-state index >= 15 is 0 Å². The number of hydrogen-bond acceptors (Lipinski definition) is 6. The summed E-state index contributed by atoms with van der Waals surface area (Å²) in [5.41, 5.74) is 0.509. The maximum Gasteiger partial charge on any atom is 0.277 e. The lowest BCUT2D eigenvalue weighted by atomic mass is 10.2. The van der Waals surface area contributed by atoms with Crippen molar-refractivity contribution in [2.24, 2.45) is 0 Å². The van der Waals surface area contributed by atoms with Gasteiger partial charge in [0.2, 0.25) is 0 Å². The van der Waals surface area contributed by atoms with Gasteiger partial charge in [-0.05, 0) is 35.5 Å². The number of nitriles is 1. The SMILES string of the molecule is N#Cc1cc(S(=O)(=O)Nc2noc(-c3ccccc3Cl)n2)ccc1Cl. The molecule has 0 radical (unpaired) electrons. The van der Waals surface area contributed by atoms with Crippen LogP contribution in [0.1, 0.15) is 5.56 Å². The van der Waals surface area contributed by atoms with Crippen molar-refractivity contribution in [1.82, 2.24) is 10.1 Å². The van der Waals surface area contributed by atoms with E-state index in [9.17, 15) is 8.42 Å². The Morgan fingerprint density at radius 1 is 1.12 bits per heavy atom. The fourth-order valence-electron chi connectivity index (χ4n) is 1.95. The average Bonchev–Trinajstić information content (AvgIpc) is 3.03. The second-order valence-corrected chi connectivity index (χ2v) is 7.26.